The molecule has 0 bridgehead atoms. The van der Waals surface area contributed by atoms with Crippen LogP contribution in [0.5, 0.6) is 11.5 Å². The summed E-state index contributed by atoms with van der Waals surface area (Å²) in [6.45, 7) is 3.09. The molecule has 0 unspecified atom stereocenters. The summed E-state index contributed by atoms with van der Waals surface area (Å²) in [7, 11) is 0. The molecule has 0 saturated carbocycles. The normalized spacial score (nSPS) is 11.3. The summed E-state index contributed by atoms with van der Waals surface area (Å²) in [6, 6.07) is 28.6. The van der Waals surface area contributed by atoms with Gasteiger partial charge in [0.2, 0.25) is 0 Å². The Balaban J connectivity index is 0.755. The number of ether oxygens (including phenoxy) is 4. The van der Waals surface area contributed by atoms with Crippen molar-refractivity contribution >= 4 is 21.9 Å². The van der Waals surface area contributed by atoms with Crippen LogP contribution in [0.25, 0.3) is 44.6 Å². The minimum absolute atomic E-state index is 0.105. The molecule has 0 fully saturated rings. The van der Waals surface area contributed by atoms with E-state index in [0.29, 0.717) is 97.5 Å². The Hall–Kier alpha value is -6.11. The topological polar surface area (TPSA) is 128 Å². The van der Waals surface area contributed by atoms with E-state index >= 15 is 0 Å². The second kappa shape index (κ2) is 16.9. The number of aromatic nitrogens is 3. The standard InChI is InChI=1S/C41H36FN3O8/c42-30-10-14-34-36(46)26-39(52-40(34)23-30)29-8-11-32(12-9-29)50-17-4-7-31-27-45(44-43-31)16-18-48-19-20-49-21-22-51-33-13-15-35-37(47)25-38(53-41(35)24-33)28-5-2-1-3-6-28/h1-3,5-6,8-15,23-27H,4,7,16-22H2. The van der Waals surface area contributed by atoms with Gasteiger partial charge in [-0.15, -0.1) is 5.10 Å². The van der Waals surface area contributed by atoms with E-state index in [9.17, 15) is 14.0 Å². The van der Waals surface area contributed by atoms with Gasteiger partial charge < -0.3 is 27.8 Å². The molecule has 270 valence electrons. The number of hydrogen-bond acceptors (Lipinski definition) is 10. The van der Waals surface area contributed by atoms with Crippen molar-refractivity contribution < 1.29 is 32.2 Å². The van der Waals surface area contributed by atoms with Crippen LogP contribution in [0.4, 0.5) is 4.39 Å². The zero-order valence-electron chi connectivity index (χ0n) is 28.7. The Morgan fingerprint density at radius 2 is 1.25 bits per heavy atom. The summed E-state index contributed by atoms with van der Waals surface area (Å²) >= 11 is 0. The quantitative estimate of drug-likeness (QED) is 0.0901. The summed E-state index contributed by atoms with van der Waals surface area (Å²) in [6.07, 6.45) is 3.35. The van der Waals surface area contributed by atoms with Crippen molar-refractivity contribution in [1.29, 1.82) is 0 Å². The molecule has 11 nitrogen and oxygen atoms in total. The second-order valence-electron chi connectivity index (χ2n) is 12.1. The van der Waals surface area contributed by atoms with Gasteiger partial charge in [0, 0.05) is 41.6 Å². The molecular formula is C41H36FN3O8. The molecule has 0 aliphatic heterocycles. The summed E-state index contributed by atoms with van der Waals surface area (Å²) in [5.74, 6) is 1.67. The number of fused-ring (bicyclic) bond motifs is 2. The molecule has 7 aromatic rings. The van der Waals surface area contributed by atoms with Crippen LogP contribution in [0.15, 0.2) is 128 Å². The molecule has 0 amide bonds. The zero-order chi connectivity index (χ0) is 36.4. The lowest BCUT2D eigenvalue weighted by Gasteiger charge is -2.09. The van der Waals surface area contributed by atoms with Crippen molar-refractivity contribution in [3.05, 3.63) is 141 Å². The van der Waals surface area contributed by atoms with Crippen LogP contribution >= 0.6 is 0 Å². The van der Waals surface area contributed by atoms with Crippen LogP contribution in [0.2, 0.25) is 0 Å². The molecular weight excluding hydrogens is 681 g/mol. The van der Waals surface area contributed by atoms with Crippen molar-refractivity contribution in [2.75, 3.05) is 39.6 Å². The van der Waals surface area contributed by atoms with E-state index in [0.717, 1.165) is 17.7 Å². The van der Waals surface area contributed by atoms with Crippen molar-refractivity contribution in [1.82, 2.24) is 15.0 Å². The van der Waals surface area contributed by atoms with Gasteiger partial charge in [-0.2, -0.15) is 0 Å². The Labute approximate surface area is 303 Å². The third-order valence-electron chi connectivity index (χ3n) is 8.35. The highest BCUT2D eigenvalue weighted by Crippen LogP contribution is 2.26. The van der Waals surface area contributed by atoms with Gasteiger partial charge in [-0.3, -0.25) is 9.59 Å². The fourth-order valence-corrected chi connectivity index (χ4v) is 5.66. The number of rotatable bonds is 17. The molecule has 7 rings (SSSR count). The van der Waals surface area contributed by atoms with Crippen LogP contribution in [0, 0.1) is 5.82 Å². The van der Waals surface area contributed by atoms with Crippen molar-refractivity contribution in [3.63, 3.8) is 0 Å². The maximum Gasteiger partial charge on any atom is 0.193 e. The molecule has 53 heavy (non-hydrogen) atoms. The number of nitrogens with zero attached hydrogens (tertiary/aromatic N) is 3. The van der Waals surface area contributed by atoms with Gasteiger partial charge in [-0.25, -0.2) is 9.07 Å². The summed E-state index contributed by atoms with van der Waals surface area (Å²) in [5.41, 5.74) is 2.72. The lowest BCUT2D eigenvalue weighted by Crippen LogP contribution is -2.13. The molecule has 0 aliphatic carbocycles. The first kappa shape index (κ1) is 35.3. The Bertz CT molecular complexity index is 2410. The van der Waals surface area contributed by atoms with Gasteiger partial charge in [0.25, 0.3) is 0 Å². The van der Waals surface area contributed by atoms with E-state index in [1.165, 1.54) is 30.3 Å². The Morgan fingerprint density at radius 3 is 2.00 bits per heavy atom. The minimum Gasteiger partial charge on any atom is -0.494 e. The fourth-order valence-electron chi connectivity index (χ4n) is 5.66. The van der Waals surface area contributed by atoms with Crippen LogP contribution in [0.3, 0.4) is 0 Å². The molecule has 3 aromatic heterocycles. The van der Waals surface area contributed by atoms with Crippen molar-refractivity contribution in [2.45, 2.75) is 19.4 Å². The van der Waals surface area contributed by atoms with Crippen LogP contribution in [-0.2, 0) is 22.4 Å². The first-order chi connectivity index (χ1) is 26.0. The molecule has 0 atom stereocenters. The largest absolute Gasteiger partial charge is 0.494 e. The van der Waals surface area contributed by atoms with E-state index in [4.69, 9.17) is 27.8 Å². The van der Waals surface area contributed by atoms with Gasteiger partial charge in [0.15, 0.2) is 10.9 Å². The Morgan fingerprint density at radius 1 is 0.623 bits per heavy atom. The average Bonchev–Trinajstić information content (AvgIpc) is 3.63. The van der Waals surface area contributed by atoms with Gasteiger partial charge in [0.05, 0.1) is 56.0 Å². The molecule has 3 heterocycles. The van der Waals surface area contributed by atoms with Crippen LogP contribution in [-0.4, -0.2) is 54.6 Å². The third kappa shape index (κ3) is 9.23. The second-order valence-corrected chi connectivity index (χ2v) is 12.1. The molecule has 0 N–H and O–H groups in total. The number of benzene rings is 4. The summed E-state index contributed by atoms with van der Waals surface area (Å²) < 4.78 is 50.1. The zero-order valence-corrected chi connectivity index (χ0v) is 28.7. The van der Waals surface area contributed by atoms with Gasteiger partial charge in [-0.05, 0) is 61.4 Å². The molecule has 0 aliphatic rings. The van der Waals surface area contributed by atoms with E-state index in [1.54, 1.807) is 47.1 Å². The van der Waals surface area contributed by atoms with Crippen molar-refractivity contribution in [3.8, 4) is 34.1 Å². The number of hydrogen-bond donors (Lipinski definition) is 0. The highest BCUT2D eigenvalue weighted by Gasteiger charge is 2.10. The maximum atomic E-state index is 13.6. The van der Waals surface area contributed by atoms with Crippen molar-refractivity contribution in [2.24, 2.45) is 0 Å². The SMILES string of the molecule is O=c1cc(-c2ccc(OCCCc3cn(CCOCCOCCOc4ccc5c(=O)cc(-c6ccccc6)oc5c4)nn3)cc2)oc2cc(F)ccc12. The molecule has 0 saturated heterocycles. The van der Waals surface area contributed by atoms with Crippen LogP contribution < -0.4 is 20.3 Å². The monoisotopic (exact) mass is 717 g/mol. The molecule has 0 spiro atoms. The minimum atomic E-state index is -0.465. The van der Waals surface area contributed by atoms with Gasteiger partial charge >= 0.3 is 0 Å². The summed E-state index contributed by atoms with van der Waals surface area (Å²) in [4.78, 5) is 25.0. The van der Waals surface area contributed by atoms with E-state index in [2.05, 4.69) is 10.3 Å². The predicted octanol–water partition coefficient (Wildman–Crippen LogP) is 7.09. The number of halogens is 1. The smallest absolute Gasteiger partial charge is 0.193 e. The van der Waals surface area contributed by atoms with E-state index in [1.807, 2.05) is 36.5 Å². The highest BCUT2D eigenvalue weighted by atomic mass is 19.1. The van der Waals surface area contributed by atoms with Crippen LogP contribution in [0.1, 0.15) is 12.1 Å². The van der Waals surface area contributed by atoms with E-state index < -0.39 is 5.82 Å². The fraction of sp³-hybridized carbons (Fsp3) is 0.220. The molecule has 0 radical (unpaired) electrons. The maximum absolute atomic E-state index is 13.6. The predicted molar refractivity (Wildman–Crippen MR) is 197 cm³/mol. The van der Waals surface area contributed by atoms with E-state index in [-0.39, 0.29) is 16.4 Å². The third-order valence-corrected chi connectivity index (χ3v) is 8.35. The molecule has 4 aromatic carbocycles. The van der Waals surface area contributed by atoms with Gasteiger partial charge in [0.1, 0.15) is 46.6 Å². The average molecular weight is 718 g/mol. The first-order valence-corrected chi connectivity index (χ1v) is 17.3. The number of aryl methyl sites for hydroxylation is 1. The lowest BCUT2D eigenvalue weighted by atomic mass is 10.1. The molecule has 12 heteroatoms. The Kier molecular flexibility index (Phi) is 11.3. The summed E-state index contributed by atoms with van der Waals surface area (Å²) in [5, 5.41) is 9.24. The van der Waals surface area contributed by atoms with Gasteiger partial charge in [-0.1, -0.05) is 35.5 Å². The highest BCUT2D eigenvalue weighted by molar-refractivity contribution is 5.80. The first-order valence-electron chi connectivity index (χ1n) is 17.3. The lowest BCUT2D eigenvalue weighted by molar-refractivity contribution is 0.0333.